The lowest BCUT2D eigenvalue weighted by molar-refractivity contribution is 0.0718. The van der Waals surface area contributed by atoms with Gasteiger partial charge in [-0.1, -0.05) is 28.1 Å². The Labute approximate surface area is 153 Å². The number of amides is 1. The molecule has 1 amide bonds. The van der Waals surface area contributed by atoms with Crippen LogP contribution in [-0.4, -0.2) is 33.4 Å². The van der Waals surface area contributed by atoms with Crippen LogP contribution in [-0.2, 0) is 6.42 Å². The van der Waals surface area contributed by atoms with Crippen molar-refractivity contribution in [3.05, 3.63) is 70.0 Å². The highest BCUT2D eigenvalue weighted by molar-refractivity contribution is 9.10. The Balaban J connectivity index is 1.51. The SMILES string of the molecule is O=C(c1ccc2nc[nH]c2c1)N1CCC=C2c3cc(Br)ccc3C[C@@H]21. The van der Waals surface area contributed by atoms with Crippen molar-refractivity contribution in [1.29, 1.82) is 0 Å². The number of aromatic nitrogens is 2. The minimum Gasteiger partial charge on any atom is -0.345 e. The minimum atomic E-state index is 0.0963. The summed E-state index contributed by atoms with van der Waals surface area (Å²) in [6, 6.07) is 12.2. The number of imidazole rings is 1. The summed E-state index contributed by atoms with van der Waals surface area (Å²) in [5, 5.41) is 0. The first-order valence-corrected chi connectivity index (χ1v) is 9.23. The van der Waals surface area contributed by atoms with Crippen molar-refractivity contribution in [2.45, 2.75) is 18.9 Å². The normalized spacial score (nSPS) is 18.8. The number of carbonyl (C=O) groups excluding carboxylic acids is 1. The van der Waals surface area contributed by atoms with Gasteiger partial charge in [0.05, 0.1) is 23.4 Å². The Hall–Kier alpha value is -2.40. The summed E-state index contributed by atoms with van der Waals surface area (Å²) in [5.41, 5.74) is 6.39. The lowest BCUT2D eigenvalue weighted by Crippen LogP contribution is -2.42. The van der Waals surface area contributed by atoms with Crippen molar-refractivity contribution < 1.29 is 4.79 Å². The summed E-state index contributed by atoms with van der Waals surface area (Å²) in [6.07, 6.45) is 5.75. The van der Waals surface area contributed by atoms with E-state index in [1.165, 1.54) is 16.7 Å². The van der Waals surface area contributed by atoms with Crippen molar-refractivity contribution in [1.82, 2.24) is 14.9 Å². The largest absolute Gasteiger partial charge is 0.345 e. The molecule has 0 saturated heterocycles. The number of hydrogen-bond acceptors (Lipinski definition) is 2. The summed E-state index contributed by atoms with van der Waals surface area (Å²) in [5.74, 6) is 0.0963. The molecule has 0 unspecified atom stereocenters. The molecule has 1 atom stereocenters. The number of carbonyl (C=O) groups is 1. The number of benzene rings is 2. The van der Waals surface area contributed by atoms with Crippen LogP contribution in [0.1, 0.15) is 27.9 Å². The van der Waals surface area contributed by atoms with Gasteiger partial charge < -0.3 is 9.88 Å². The van der Waals surface area contributed by atoms with Gasteiger partial charge in [-0.15, -0.1) is 0 Å². The Morgan fingerprint density at radius 3 is 3.08 bits per heavy atom. The predicted octanol–water partition coefficient (Wildman–Crippen LogP) is 4.18. The first-order valence-electron chi connectivity index (χ1n) is 8.44. The summed E-state index contributed by atoms with van der Waals surface area (Å²) in [7, 11) is 0. The number of hydrogen-bond donors (Lipinski definition) is 1. The zero-order valence-corrected chi connectivity index (χ0v) is 15.1. The van der Waals surface area contributed by atoms with Crippen molar-refractivity contribution >= 4 is 38.4 Å². The second-order valence-electron chi connectivity index (χ2n) is 6.60. The molecular weight excluding hydrogens is 378 g/mol. The molecule has 1 aliphatic carbocycles. The van der Waals surface area contributed by atoms with Gasteiger partial charge in [0, 0.05) is 16.6 Å². The monoisotopic (exact) mass is 393 g/mol. The van der Waals surface area contributed by atoms with Crippen LogP contribution in [0.15, 0.2) is 53.3 Å². The zero-order valence-electron chi connectivity index (χ0n) is 13.5. The van der Waals surface area contributed by atoms with E-state index in [0.717, 1.165) is 40.5 Å². The third-order valence-corrected chi connectivity index (χ3v) is 5.69. The Morgan fingerprint density at radius 2 is 2.16 bits per heavy atom. The molecule has 2 aromatic carbocycles. The van der Waals surface area contributed by atoms with Crippen LogP contribution in [0.4, 0.5) is 0 Å². The molecule has 1 aromatic heterocycles. The van der Waals surface area contributed by atoms with Crippen LogP contribution in [0.2, 0.25) is 0 Å². The maximum atomic E-state index is 13.2. The molecule has 3 aromatic rings. The topological polar surface area (TPSA) is 49.0 Å². The number of nitrogens with one attached hydrogen (secondary N) is 1. The molecule has 0 radical (unpaired) electrons. The van der Waals surface area contributed by atoms with E-state index in [9.17, 15) is 4.79 Å². The molecule has 5 rings (SSSR count). The van der Waals surface area contributed by atoms with Crippen molar-refractivity contribution in [2.75, 3.05) is 6.54 Å². The van der Waals surface area contributed by atoms with E-state index >= 15 is 0 Å². The first-order chi connectivity index (χ1) is 12.2. The molecule has 5 heteroatoms. The molecule has 2 heterocycles. The highest BCUT2D eigenvalue weighted by Gasteiger charge is 2.36. The third kappa shape index (κ3) is 2.34. The quantitative estimate of drug-likeness (QED) is 0.673. The van der Waals surface area contributed by atoms with Gasteiger partial charge in [-0.2, -0.15) is 0 Å². The average Bonchev–Trinajstić information content (AvgIpc) is 3.24. The standard InChI is InChI=1S/C20H16BrN3O/c21-14-5-3-12-9-19-15(16(12)10-14)2-1-7-24(19)20(25)13-4-6-17-18(8-13)23-11-22-17/h2-6,8,10-11,19H,1,7,9H2,(H,22,23)/t19-/m0/s1. The van der Waals surface area contributed by atoms with E-state index in [1.807, 2.05) is 23.1 Å². The van der Waals surface area contributed by atoms with E-state index in [1.54, 1.807) is 6.33 Å². The summed E-state index contributed by atoms with van der Waals surface area (Å²) in [6.45, 7) is 0.767. The second-order valence-corrected chi connectivity index (χ2v) is 7.52. The zero-order chi connectivity index (χ0) is 17.0. The van der Waals surface area contributed by atoms with Crippen LogP contribution in [0.3, 0.4) is 0 Å². The Morgan fingerprint density at radius 1 is 1.24 bits per heavy atom. The number of rotatable bonds is 1. The maximum Gasteiger partial charge on any atom is 0.254 e. The van der Waals surface area contributed by atoms with Gasteiger partial charge in [0.2, 0.25) is 0 Å². The fourth-order valence-corrected chi connectivity index (χ4v) is 4.37. The van der Waals surface area contributed by atoms with Crippen molar-refractivity contribution in [3.8, 4) is 0 Å². The maximum absolute atomic E-state index is 13.2. The predicted molar refractivity (Wildman–Crippen MR) is 101 cm³/mol. The third-order valence-electron chi connectivity index (χ3n) is 5.19. The van der Waals surface area contributed by atoms with Gasteiger partial charge in [0.1, 0.15) is 0 Å². The minimum absolute atomic E-state index is 0.0963. The summed E-state index contributed by atoms with van der Waals surface area (Å²) in [4.78, 5) is 22.5. The number of nitrogens with zero attached hydrogens (tertiary/aromatic N) is 2. The van der Waals surface area contributed by atoms with Gasteiger partial charge in [-0.05, 0) is 59.9 Å². The summed E-state index contributed by atoms with van der Waals surface area (Å²) >= 11 is 3.56. The fourth-order valence-electron chi connectivity index (χ4n) is 4.01. The fraction of sp³-hybridized carbons (Fsp3) is 0.200. The molecule has 0 fully saturated rings. The molecule has 0 spiro atoms. The van der Waals surface area contributed by atoms with E-state index in [2.05, 4.69) is 50.2 Å². The van der Waals surface area contributed by atoms with Gasteiger partial charge >= 0.3 is 0 Å². The Kier molecular flexibility index (Phi) is 3.31. The van der Waals surface area contributed by atoms with E-state index < -0.39 is 0 Å². The van der Waals surface area contributed by atoms with Crippen LogP contribution in [0, 0.1) is 0 Å². The number of fused-ring (bicyclic) bond motifs is 4. The highest BCUT2D eigenvalue weighted by Crippen LogP contribution is 2.40. The first kappa shape index (κ1) is 14.9. The van der Waals surface area contributed by atoms with Crippen molar-refractivity contribution in [2.24, 2.45) is 0 Å². The molecule has 25 heavy (non-hydrogen) atoms. The van der Waals surface area contributed by atoms with Gasteiger partial charge in [-0.3, -0.25) is 4.79 Å². The second kappa shape index (κ2) is 5.56. The molecule has 1 N–H and O–H groups in total. The van der Waals surface area contributed by atoms with Crippen LogP contribution in [0.5, 0.6) is 0 Å². The molecule has 2 aliphatic rings. The van der Waals surface area contributed by atoms with E-state index in [4.69, 9.17) is 0 Å². The number of aromatic amines is 1. The number of halogens is 1. The lowest BCUT2D eigenvalue weighted by Gasteiger charge is -2.33. The van der Waals surface area contributed by atoms with Crippen LogP contribution in [0.25, 0.3) is 16.6 Å². The lowest BCUT2D eigenvalue weighted by atomic mass is 9.98. The van der Waals surface area contributed by atoms with Crippen LogP contribution < -0.4 is 0 Å². The van der Waals surface area contributed by atoms with Crippen LogP contribution >= 0.6 is 15.9 Å². The molecule has 0 bridgehead atoms. The molecule has 0 saturated carbocycles. The molecule has 4 nitrogen and oxygen atoms in total. The molecule has 124 valence electrons. The van der Waals surface area contributed by atoms with Crippen molar-refractivity contribution in [3.63, 3.8) is 0 Å². The highest BCUT2D eigenvalue weighted by atomic mass is 79.9. The van der Waals surface area contributed by atoms with Gasteiger partial charge in [0.25, 0.3) is 5.91 Å². The summed E-state index contributed by atoms with van der Waals surface area (Å²) < 4.78 is 1.08. The van der Waals surface area contributed by atoms with E-state index in [0.29, 0.717) is 0 Å². The average molecular weight is 394 g/mol. The Bertz CT molecular complexity index is 1040. The molecular formula is C20H16BrN3O. The van der Waals surface area contributed by atoms with Gasteiger partial charge in [0.15, 0.2) is 0 Å². The number of H-pyrrole nitrogens is 1. The van der Waals surface area contributed by atoms with E-state index in [-0.39, 0.29) is 11.9 Å². The molecule has 1 aliphatic heterocycles. The van der Waals surface area contributed by atoms with Gasteiger partial charge in [-0.25, -0.2) is 4.98 Å². The smallest absolute Gasteiger partial charge is 0.254 e.